The molecule has 0 radical (unpaired) electrons. The number of nitrogen functional groups attached to an aromatic ring is 1. The van der Waals surface area contributed by atoms with E-state index in [1.807, 2.05) is 38.1 Å². The Hall–Kier alpha value is -2.79. The van der Waals surface area contributed by atoms with Gasteiger partial charge in [-0.1, -0.05) is 41.9 Å². The van der Waals surface area contributed by atoms with Gasteiger partial charge in [0.1, 0.15) is 12.0 Å². The number of rotatable bonds is 5. The third kappa shape index (κ3) is 4.00. The van der Waals surface area contributed by atoms with Crippen LogP contribution in [0.25, 0.3) is 0 Å². The molecule has 1 aromatic heterocycles. The van der Waals surface area contributed by atoms with E-state index in [4.69, 9.17) is 17.3 Å². The van der Waals surface area contributed by atoms with E-state index in [1.54, 1.807) is 0 Å². The second-order valence-electron chi connectivity index (χ2n) is 5.87. The first-order valence-electron chi connectivity index (χ1n) is 7.96. The zero-order chi connectivity index (χ0) is 17.8. The first kappa shape index (κ1) is 17.0. The Morgan fingerprint density at radius 1 is 1.04 bits per heavy atom. The van der Waals surface area contributed by atoms with E-state index in [9.17, 15) is 0 Å². The number of aryl methyl sites for hydroxylation is 2. The highest BCUT2D eigenvalue weighted by Crippen LogP contribution is 2.28. The molecule has 0 atom stereocenters. The number of hydrogen-bond donors (Lipinski definition) is 3. The average Bonchev–Trinajstić information content (AvgIpc) is 2.60. The smallest absolute Gasteiger partial charge is 0.159 e. The lowest BCUT2D eigenvalue weighted by atomic mass is 10.1. The highest BCUT2D eigenvalue weighted by Gasteiger charge is 2.10. The molecule has 0 amide bonds. The van der Waals surface area contributed by atoms with Gasteiger partial charge in [0.15, 0.2) is 11.6 Å². The summed E-state index contributed by atoms with van der Waals surface area (Å²) in [6, 6.07) is 13.9. The minimum Gasteiger partial charge on any atom is -0.393 e. The molecule has 0 fully saturated rings. The zero-order valence-electron chi connectivity index (χ0n) is 14.2. The lowest BCUT2D eigenvalue weighted by molar-refractivity contribution is 1.09. The van der Waals surface area contributed by atoms with Gasteiger partial charge in [-0.05, 0) is 42.7 Å². The van der Waals surface area contributed by atoms with Crippen LogP contribution in [0.3, 0.4) is 0 Å². The Morgan fingerprint density at radius 3 is 2.60 bits per heavy atom. The molecule has 0 saturated carbocycles. The molecule has 6 heteroatoms. The third-order valence-electron chi connectivity index (χ3n) is 3.93. The van der Waals surface area contributed by atoms with Crippen LogP contribution in [0, 0.1) is 13.8 Å². The first-order chi connectivity index (χ1) is 12.0. The summed E-state index contributed by atoms with van der Waals surface area (Å²) >= 11 is 6.18. The molecule has 0 aliphatic rings. The highest BCUT2D eigenvalue weighted by atomic mass is 35.5. The van der Waals surface area contributed by atoms with Crippen molar-refractivity contribution in [1.82, 2.24) is 9.97 Å². The van der Waals surface area contributed by atoms with Crippen LogP contribution in [0.1, 0.15) is 16.7 Å². The van der Waals surface area contributed by atoms with E-state index in [2.05, 4.69) is 38.8 Å². The van der Waals surface area contributed by atoms with Crippen LogP contribution in [-0.2, 0) is 6.54 Å². The first-order valence-corrected chi connectivity index (χ1v) is 8.34. The van der Waals surface area contributed by atoms with Crippen molar-refractivity contribution >= 4 is 34.6 Å². The topological polar surface area (TPSA) is 75.9 Å². The van der Waals surface area contributed by atoms with Gasteiger partial charge >= 0.3 is 0 Å². The number of nitrogens with zero attached hydrogens (tertiary/aromatic N) is 2. The quantitative estimate of drug-likeness (QED) is 0.620. The summed E-state index contributed by atoms with van der Waals surface area (Å²) in [6.07, 6.45) is 1.48. The summed E-state index contributed by atoms with van der Waals surface area (Å²) < 4.78 is 0. The van der Waals surface area contributed by atoms with Gasteiger partial charge in [0.05, 0.1) is 0 Å². The Morgan fingerprint density at radius 2 is 1.80 bits per heavy atom. The minimum absolute atomic E-state index is 0.468. The van der Waals surface area contributed by atoms with E-state index < -0.39 is 0 Å². The molecule has 0 bridgehead atoms. The fourth-order valence-electron chi connectivity index (χ4n) is 2.45. The Kier molecular flexibility index (Phi) is 5.05. The average molecular weight is 354 g/mol. The van der Waals surface area contributed by atoms with Crippen LogP contribution in [-0.4, -0.2) is 9.97 Å². The summed E-state index contributed by atoms with van der Waals surface area (Å²) in [7, 11) is 0. The Labute approximate surface area is 152 Å². The molecule has 0 aliphatic heterocycles. The van der Waals surface area contributed by atoms with Crippen LogP contribution < -0.4 is 16.4 Å². The van der Waals surface area contributed by atoms with E-state index in [0.717, 1.165) is 22.4 Å². The standard InChI is InChI=1S/C19H20ClN5/c1-12-7-8-13(2)16(9-12)25-19-17(21)18(23-11-24-19)22-10-14-5-3-4-6-15(14)20/h3-9,11H,10,21H2,1-2H3,(H2,22,23,24,25). The molecule has 0 aliphatic carbocycles. The molecule has 0 spiro atoms. The van der Waals surface area contributed by atoms with Crippen molar-refractivity contribution in [2.24, 2.45) is 0 Å². The molecular weight excluding hydrogens is 334 g/mol. The minimum atomic E-state index is 0.468. The van der Waals surface area contributed by atoms with E-state index >= 15 is 0 Å². The summed E-state index contributed by atoms with van der Waals surface area (Å²) in [5, 5.41) is 7.22. The predicted octanol–water partition coefficient (Wildman–Crippen LogP) is 4.68. The molecule has 0 saturated heterocycles. The maximum atomic E-state index is 6.24. The lowest BCUT2D eigenvalue weighted by Crippen LogP contribution is -2.08. The van der Waals surface area contributed by atoms with Crippen molar-refractivity contribution < 1.29 is 0 Å². The fraction of sp³-hybridized carbons (Fsp3) is 0.158. The SMILES string of the molecule is Cc1ccc(C)c(Nc2ncnc(NCc3ccccc3Cl)c2N)c1. The molecule has 2 aromatic carbocycles. The second kappa shape index (κ2) is 7.40. The van der Waals surface area contributed by atoms with Gasteiger partial charge in [0.2, 0.25) is 0 Å². The van der Waals surface area contributed by atoms with Gasteiger partial charge in [-0.3, -0.25) is 0 Å². The maximum Gasteiger partial charge on any atom is 0.159 e. The third-order valence-corrected chi connectivity index (χ3v) is 4.30. The van der Waals surface area contributed by atoms with Gasteiger partial charge in [0, 0.05) is 17.3 Å². The van der Waals surface area contributed by atoms with Gasteiger partial charge in [-0.25, -0.2) is 9.97 Å². The molecular formula is C19H20ClN5. The number of hydrogen-bond acceptors (Lipinski definition) is 5. The number of nitrogens with one attached hydrogen (secondary N) is 2. The molecule has 128 valence electrons. The van der Waals surface area contributed by atoms with Crippen LogP contribution in [0.5, 0.6) is 0 Å². The van der Waals surface area contributed by atoms with Crippen LogP contribution in [0.2, 0.25) is 5.02 Å². The van der Waals surface area contributed by atoms with Crippen molar-refractivity contribution in [3.63, 3.8) is 0 Å². The monoisotopic (exact) mass is 353 g/mol. The normalized spacial score (nSPS) is 10.5. The van der Waals surface area contributed by atoms with E-state index in [0.29, 0.717) is 28.9 Å². The van der Waals surface area contributed by atoms with Gasteiger partial charge in [0.25, 0.3) is 0 Å². The van der Waals surface area contributed by atoms with Crippen molar-refractivity contribution in [2.75, 3.05) is 16.4 Å². The number of anilines is 4. The predicted molar refractivity (Wildman–Crippen MR) is 104 cm³/mol. The maximum absolute atomic E-state index is 6.24. The molecule has 5 nitrogen and oxygen atoms in total. The number of nitrogens with two attached hydrogens (primary N) is 1. The molecule has 25 heavy (non-hydrogen) atoms. The van der Waals surface area contributed by atoms with Crippen LogP contribution >= 0.6 is 11.6 Å². The molecule has 1 heterocycles. The Balaban J connectivity index is 1.80. The van der Waals surface area contributed by atoms with Crippen molar-refractivity contribution in [3.8, 4) is 0 Å². The number of benzene rings is 2. The molecule has 0 unspecified atom stereocenters. The summed E-state index contributed by atoms with van der Waals surface area (Å²) in [5.41, 5.74) is 10.9. The fourth-order valence-corrected chi connectivity index (χ4v) is 2.66. The number of aromatic nitrogens is 2. The number of halogens is 1. The van der Waals surface area contributed by atoms with Crippen molar-refractivity contribution in [1.29, 1.82) is 0 Å². The largest absolute Gasteiger partial charge is 0.393 e. The van der Waals surface area contributed by atoms with Crippen LogP contribution in [0.4, 0.5) is 23.0 Å². The summed E-state index contributed by atoms with van der Waals surface area (Å²) in [5.74, 6) is 1.15. The zero-order valence-corrected chi connectivity index (χ0v) is 14.9. The second-order valence-corrected chi connectivity index (χ2v) is 6.28. The Bertz CT molecular complexity index is 895. The molecule has 4 N–H and O–H groups in total. The van der Waals surface area contributed by atoms with Crippen LogP contribution in [0.15, 0.2) is 48.8 Å². The van der Waals surface area contributed by atoms with E-state index in [1.165, 1.54) is 6.33 Å². The lowest BCUT2D eigenvalue weighted by Gasteiger charge is -2.14. The summed E-state index contributed by atoms with van der Waals surface area (Å²) in [4.78, 5) is 8.50. The highest BCUT2D eigenvalue weighted by molar-refractivity contribution is 6.31. The van der Waals surface area contributed by atoms with E-state index in [-0.39, 0.29) is 0 Å². The van der Waals surface area contributed by atoms with Gasteiger partial charge in [-0.2, -0.15) is 0 Å². The van der Waals surface area contributed by atoms with Gasteiger partial charge < -0.3 is 16.4 Å². The molecule has 3 aromatic rings. The summed E-state index contributed by atoms with van der Waals surface area (Å²) in [6.45, 7) is 4.62. The molecule has 3 rings (SSSR count). The van der Waals surface area contributed by atoms with Gasteiger partial charge in [-0.15, -0.1) is 0 Å². The van der Waals surface area contributed by atoms with Crippen molar-refractivity contribution in [3.05, 3.63) is 70.5 Å². The van der Waals surface area contributed by atoms with Crippen molar-refractivity contribution in [2.45, 2.75) is 20.4 Å².